The van der Waals surface area contributed by atoms with Crippen LogP contribution in [0.3, 0.4) is 0 Å². The Morgan fingerprint density at radius 1 is 0.833 bits per heavy atom. The van der Waals surface area contributed by atoms with Crippen LogP contribution in [0.25, 0.3) is 0 Å². The molecule has 6 rings (SSSR count). The van der Waals surface area contributed by atoms with Crippen LogP contribution in [0.5, 0.6) is 11.5 Å². The molecule has 0 spiro atoms. The molecule has 0 radical (unpaired) electrons. The van der Waals surface area contributed by atoms with E-state index >= 15 is 0 Å². The average Bonchev–Trinajstić information content (AvgIpc) is 3.00. The summed E-state index contributed by atoms with van der Waals surface area (Å²) in [5.74, 6) is 1.07. The highest BCUT2D eigenvalue weighted by molar-refractivity contribution is 9.10. The molecule has 0 aromatic heterocycles. The van der Waals surface area contributed by atoms with E-state index in [0.29, 0.717) is 30.9 Å². The molecule has 0 amide bonds. The molecule has 1 aliphatic heterocycles. The zero-order chi connectivity index (χ0) is 29.2. The zero-order valence-electron chi connectivity index (χ0n) is 24.3. The van der Waals surface area contributed by atoms with E-state index in [1.54, 1.807) is 7.11 Å². The highest BCUT2D eigenvalue weighted by Crippen LogP contribution is 2.51. The number of nitrogens with zero attached hydrogens (tertiary/aromatic N) is 1. The molecule has 3 aliphatic rings. The smallest absolute Gasteiger partial charge is 0.175 e. The monoisotopic (exact) mass is 625 g/mol. The summed E-state index contributed by atoms with van der Waals surface area (Å²) >= 11 is 3.74. The summed E-state index contributed by atoms with van der Waals surface area (Å²) < 4.78 is 12.8. The van der Waals surface area contributed by atoms with Crippen LogP contribution in [0.4, 0.5) is 0 Å². The van der Waals surface area contributed by atoms with Gasteiger partial charge in [-0.25, -0.2) is 0 Å². The van der Waals surface area contributed by atoms with Gasteiger partial charge in [0, 0.05) is 47.8 Å². The number of halogens is 1. The lowest BCUT2D eigenvalue weighted by Gasteiger charge is -2.44. The molecule has 0 N–H and O–H groups in total. The molecule has 6 heteroatoms. The fraction of sp³-hybridized carbons (Fsp3) is 0.333. The van der Waals surface area contributed by atoms with Crippen LogP contribution < -0.4 is 9.47 Å². The zero-order valence-corrected chi connectivity index (χ0v) is 25.8. The summed E-state index contributed by atoms with van der Waals surface area (Å²) in [5.41, 5.74) is 8.15. The number of hydrogen-bond donors (Lipinski definition) is 0. The molecule has 5 nitrogen and oxygen atoms in total. The van der Waals surface area contributed by atoms with E-state index in [2.05, 4.69) is 76.3 Å². The van der Waals surface area contributed by atoms with Gasteiger partial charge in [0.1, 0.15) is 6.61 Å². The third-order valence-electron chi connectivity index (χ3n) is 8.64. The first-order chi connectivity index (χ1) is 20.4. The molecular formula is C36H36BrNO4. The van der Waals surface area contributed by atoms with Gasteiger partial charge < -0.3 is 14.4 Å². The van der Waals surface area contributed by atoms with Gasteiger partial charge in [0.05, 0.1) is 11.6 Å². The molecule has 42 heavy (non-hydrogen) atoms. The van der Waals surface area contributed by atoms with Crippen LogP contribution in [-0.2, 0) is 22.6 Å². The van der Waals surface area contributed by atoms with Crippen LogP contribution in [0.15, 0.2) is 93.7 Å². The second kappa shape index (κ2) is 12.3. The molecule has 1 heterocycles. The second-order valence-corrected chi connectivity index (χ2v) is 12.3. The second-order valence-electron chi connectivity index (χ2n) is 11.4. The summed E-state index contributed by atoms with van der Waals surface area (Å²) in [4.78, 5) is 29.8. The number of carbonyl (C=O) groups excluding carboxylic acids is 2. The lowest BCUT2D eigenvalue weighted by atomic mass is 9.71. The lowest BCUT2D eigenvalue weighted by Crippen LogP contribution is -2.40. The molecule has 0 unspecified atom stereocenters. The van der Waals surface area contributed by atoms with Crippen molar-refractivity contribution in [3.63, 3.8) is 0 Å². The number of carbonyl (C=O) groups is 2. The Morgan fingerprint density at radius 2 is 1.48 bits per heavy atom. The number of allylic oxidation sites excluding steroid dienone is 4. The fourth-order valence-electron chi connectivity index (χ4n) is 6.59. The minimum atomic E-state index is -0.403. The molecular weight excluding hydrogens is 590 g/mol. The van der Waals surface area contributed by atoms with Crippen molar-refractivity contribution < 1.29 is 19.1 Å². The molecule has 2 aliphatic carbocycles. The number of rotatable bonds is 8. The first-order valence-corrected chi connectivity index (χ1v) is 15.6. The molecule has 0 fully saturated rings. The third kappa shape index (κ3) is 5.57. The first-order valence-electron chi connectivity index (χ1n) is 14.8. The van der Waals surface area contributed by atoms with Crippen molar-refractivity contribution >= 4 is 27.5 Å². The summed E-state index contributed by atoms with van der Waals surface area (Å²) in [5, 5.41) is 0. The Hall–Kier alpha value is -3.64. The van der Waals surface area contributed by atoms with Crippen molar-refractivity contribution in [2.75, 3.05) is 13.7 Å². The predicted molar refractivity (Wildman–Crippen MR) is 168 cm³/mol. The van der Waals surface area contributed by atoms with Gasteiger partial charge in [-0.05, 0) is 83.8 Å². The van der Waals surface area contributed by atoms with Crippen LogP contribution in [-0.4, -0.2) is 30.1 Å². The fourth-order valence-corrected chi connectivity index (χ4v) is 7.17. The maximum absolute atomic E-state index is 13.7. The quantitative estimate of drug-likeness (QED) is 0.254. The van der Waals surface area contributed by atoms with E-state index in [0.717, 1.165) is 76.8 Å². The van der Waals surface area contributed by atoms with Crippen molar-refractivity contribution in [2.45, 2.75) is 64.4 Å². The van der Waals surface area contributed by atoms with Crippen molar-refractivity contribution in [1.29, 1.82) is 0 Å². The Bertz CT molecular complexity index is 1530. The molecule has 3 aromatic rings. The highest BCUT2D eigenvalue weighted by Gasteiger charge is 2.43. The number of hydrogen-bond acceptors (Lipinski definition) is 5. The van der Waals surface area contributed by atoms with Crippen molar-refractivity contribution in [1.82, 2.24) is 4.90 Å². The molecule has 3 aromatic carbocycles. The minimum Gasteiger partial charge on any atom is -0.493 e. The Kier molecular flexibility index (Phi) is 8.34. The van der Waals surface area contributed by atoms with Gasteiger partial charge >= 0.3 is 0 Å². The van der Waals surface area contributed by atoms with Crippen LogP contribution >= 0.6 is 15.9 Å². The van der Waals surface area contributed by atoms with E-state index in [1.807, 2.05) is 18.2 Å². The summed E-state index contributed by atoms with van der Waals surface area (Å²) in [6, 6.07) is 22.6. The van der Waals surface area contributed by atoms with E-state index in [9.17, 15) is 9.59 Å². The number of ketones is 2. The van der Waals surface area contributed by atoms with Crippen LogP contribution in [0, 0.1) is 6.92 Å². The normalized spacial score (nSPS) is 17.4. The van der Waals surface area contributed by atoms with E-state index in [4.69, 9.17) is 9.47 Å². The van der Waals surface area contributed by atoms with Gasteiger partial charge in [0.25, 0.3) is 0 Å². The molecule has 0 bridgehead atoms. The number of methoxy groups -OCH3 is 1. The Morgan fingerprint density at radius 3 is 2.10 bits per heavy atom. The topological polar surface area (TPSA) is 55.8 Å². The summed E-state index contributed by atoms with van der Waals surface area (Å²) in [6.45, 7) is 3.22. The molecule has 0 saturated heterocycles. The van der Waals surface area contributed by atoms with Gasteiger partial charge in [-0.2, -0.15) is 0 Å². The maximum Gasteiger partial charge on any atom is 0.175 e. The average molecular weight is 627 g/mol. The van der Waals surface area contributed by atoms with Crippen molar-refractivity contribution in [3.05, 3.63) is 116 Å². The van der Waals surface area contributed by atoms with E-state index < -0.39 is 5.92 Å². The first kappa shape index (κ1) is 28.5. The van der Waals surface area contributed by atoms with Gasteiger partial charge in [-0.15, -0.1) is 0 Å². The van der Waals surface area contributed by atoms with E-state index in [1.165, 1.54) is 11.1 Å². The molecule has 0 atom stereocenters. The standard InChI is InChI=1S/C36H36BrNO4/c1-23-14-16-25(17-15-23)22-42-36-27(37)20-26(21-32(36)41-2)33-34-28(10-6-12-30(34)39)38(19-18-24-8-4-3-5-9-24)29-11-7-13-31(40)35(29)33/h3-5,8-9,14-17,20-21,33H,6-7,10-13,18-19,22H2,1-2H3. The van der Waals surface area contributed by atoms with E-state index in [-0.39, 0.29) is 11.6 Å². The maximum atomic E-state index is 13.7. The molecule has 216 valence electrons. The summed E-state index contributed by atoms with van der Waals surface area (Å²) in [7, 11) is 1.63. The predicted octanol–water partition coefficient (Wildman–Crippen LogP) is 8.00. The van der Waals surface area contributed by atoms with Gasteiger partial charge in [-0.3, -0.25) is 9.59 Å². The number of aryl methyl sites for hydroxylation is 1. The highest BCUT2D eigenvalue weighted by atomic mass is 79.9. The van der Waals surface area contributed by atoms with Crippen molar-refractivity contribution in [2.24, 2.45) is 0 Å². The van der Waals surface area contributed by atoms with Crippen molar-refractivity contribution in [3.8, 4) is 11.5 Å². The Balaban J connectivity index is 1.40. The summed E-state index contributed by atoms with van der Waals surface area (Å²) in [6.07, 6.45) is 5.22. The van der Waals surface area contributed by atoms with Gasteiger partial charge in [-0.1, -0.05) is 60.2 Å². The number of ether oxygens (including phenoxy) is 2. The lowest BCUT2D eigenvalue weighted by molar-refractivity contribution is -0.117. The number of Topliss-reactive ketones (excluding diaryl/α,β-unsaturated/α-hetero) is 2. The van der Waals surface area contributed by atoms with Gasteiger partial charge in [0.15, 0.2) is 23.1 Å². The Labute approximate surface area is 256 Å². The largest absolute Gasteiger partial charge is 0.493 e. The number of benzene rings is 3. The SMILES string of the molecule is COc1cc(C2C3=C(CCCC3=O)N(CCc3ccccc3)C3=C2C(=O)CCC3)cc(Br)c1OCc1ccc(C)cc1. The third-order valence-corrected chi connectivity index (χ3v) is 9.23. The van der Waals surface area contributed by atoms with Crippen LogP contribution in [0.1, 0.15) is 66.7 Å². The van der Waals surface area contributed by atoms with Gasteiger partial charge in [0.2, 0.25) is 0 Å². The van der Waals surface area contributed by atoms with Crippen LogP contribution in [0.2, 0.25) is 0 Å². The molecule has 0 saturated carbocycles. The minimum absolute atomic E-state index is 0.144.